The zero-order valence-electron chi connectivity index (χ0n) is 10.2. The molecule has 0 aromatic rings. The van der Waals surface area contributed by atoms with E-state index in [1.54, 1.807) is 4.90 Å². The summed E-state index contributed by atoms with van der Waals surface area (Å²) in [6.07, 6.45) is 1.78. The second-order valence-corrected chi connectivity index (χ2v) is 5.07. The number of likely N-dealkylation sites (tertiary alicyclic amines) is 1. The molecule has 0 aromatic carbocycles. The summed E-state index contributed by atoms with van der Waals surface area (Å²) in [5.41, 5.74) is 0. The lowest BCUT2D eigenvalue weighted by Gasteiger charge is -2.32. The molecule has 1 aliphatic heterocycles. The molecule has 1 aliphatic rings. The summed E-state index contributed by atoms with van der Waals surface area (Å²) in [6, 6.07) is 0. The highest BCUT2D eigenvalue weighted by atomic mass is 16.3. The molecule has 0 aliphatic carbocycles. The van der Waals surface area contributed by atoms with Gasteiger partial charge in [0.25, 0.3) is 0 Å². The molecule has 1 atom stereocenters. The minimum atomic E-state index is -0.268. The number of aliphatic hydroxyl groups is 2. The van der Waals surface area contributed by atoms with Gasteiger partial charge in [-0.1, -0.05) is 13.8 Å². The van der Waals surface area contributed by atoms with E-state index in [1.807, 2.05) is 0 Å². The molecule has 0 radical (unpaired) electrons. The summed E-state index contributed by atoms with van der Waals surface area (Å²) in [4.78, 5) is 13.8. The van der Waals surface area contributed by atoms with Crippen LogP contribution in [0.4, 0.5) is 0 Å². The van der Waals surface area contributed by atoms with Gasteiger partial charge in [0.1, 0.15) is 0 Å². The Morgan fingerprint density at radius 2 is 1.94 bits per heavy atom. The van der Waals surface area contributed by atoms with Gasteiger partial charge in [0.15, 0.2) is 0 Å². The van der Waals surface area contributed by atoms with Crippen molar-refractivity contribution in [3.63, 3.8) is 0 Å². The van der Waals surface area contributed by atoms with Gasteiger partial charge in [-0.05, 0) is 25.2 Å². The third-order valence-electron chi connectivity index (χ3n) is 3.10. The first-order valence-electron chi connectivity index (χ1n) is 6.12. The Bertz CT molecular complexity index is 222. The van der Waals surface area contributed by atoms with Crippen LogP contribution >= 0.6 is 0 Å². The van der Waals surface area contributed by atoms with Gasteiger partial charge < -0.3 is 15.1 Å². The van der Waals surface area contributed by atoms with Crippen molar-refractivity contribution in [3.05, 3.63) is 0 Å². The maximum atomic E-state index is 12.1. The summed E-state index contributed by atoms with van der Waals surface area (Å²) in [5, 5.41) is 18.6. The lowest BCUT2D eigenvalue weighted by molar-refractivity contribution is -0.139. The summed E-state index contributed by atoms with van der Waals surface area (Å²) in [7, 11) is 0. The van der Waals surface area contributed by atoms with Crippen LogP contribution in [0.3, 0.4) is 0 Å². The smallest absolute Gasteiger partial charge is 0.228 e. The largest absolute Gasteiger partial charge is 0.396 e. The number of aliphatic hydroxyl groups excluding tert-OH is 2. The van der Waals surface area contributed by atoms with E-state index in [2.05, 4.69) is 13.8 Å². The predicted octanol–water partition coefficient (Wildman–Crippen LogP) is 0.624. The summed E-state index contributed by atoms with van der Waals surface area (Å²) < 4.78 is 0. The second-order valence-electron chi connectivity index (χ2n) is 5.07. The number of hydrogen-bond donors (Lipinski definition) is 2. The normalized spacial score (nSPS) is 20.2. The molecule has 2 N–H and O–H groups in total. The molecule has 1 fully saturated rings. The van der Waals surface area contributed by atoms with E-state index >= 15 is 0 Å². The first-order valence-corrected chi connectivity index (χ1v) is 6.12. The van der Waals surface area contributed by atoms with Gasteiger partial charge in [0.05, 0.1) is 18.6 Å². The molecule has 0 unspecified atom stereocenters. The third kappa shape index (κ3) is 3.76. The van der Waals surface area contributed by atoms with Crippen LogP contribution in [0.2, 0.25) is 0 Å². The molecule has 1 saturated heterocycles. The van der Waals surface area contributed by atoms with Crippen molar-refractivity contribution in [2.45, 2.75) is 39.2 Å². The number of carbonyl (C=O) groups is 1. The van der Waals surface area contributed by atoms with E-state index < -0.39 is 0 Å². The predicted molar refractivity (Wildman–Crippen MR) is 61.9 cm³/mol. The first-order chi connectivity index (χ1) is 7.54. The number of carbonyl (C=O) groups excluding carboxylic acids is 1. The van der Waals surface area contributed by atoms with Crippen LogP contribution in [0.1, 0.15) is 33.1 Å². The van der Waals surface area contributed by atoms with Gasteiger partial charge in [-0.15, -0.1) is 0 Å². The SMILES string of the molecule is CC(C)C[C@@H](CO)C(=O)N1CCC(O)CC1. The van der Waals surface area contributed by atoms with Crippen molar-refractivity contribution in [3.8, 4) is 0 Å². The van der Waals surface area contributed by atoms with E-state index in [1.165, 1.54) is 0 Å². The monoisotopic (exact) mass is 229 g/mol. The molecular weight excluding hydrogens is 206 g/mol. The maximum absolute atomic E-state index is 12.1. The van der Waals surface area contributed by atoms with E-state index in [0.717, 1.165) is 6.42 Å². The fourth-order valence-corrected chi connectivity index (χ4v) is 2.17. The second kappa shape index (κ2) is 6.21. The van der Waals surface area contributed by atoms with E-state index in [-0.39, 0.29) is 24.5 Å². The number of amides is 1. The van der Waals surface area contributed by atoms with Crippen LogP contribution in [-0.2, 0) is 4.79 Å². The lowest BCUT2D eigenvalue weighted by atomic mass is 9.95. The average molecular weight is 229 g/mol. The number of hydrogen-bond acceptors (Lipinski definition) is 3. The van der Waals surface area contributed by atoms with Gasteiger partial charge in [-0.25, -0.2) is 0 Å². The molecule has 16 heavy (non-hydrogen) atoms. The highest BCUT2D eigenvalue weighted by molar-refractivity contribution is 5.79. The van der Waals surface area contributed by atoms with Gasteiger partial charge in [0, 0.05) is 13.1 Å². The molecule has 0 spiro atoms. The summed E-state index contributed by atoms with van der Waals surface area (Å²) >= 11 is 0. The van der Waals surface area contributed by atoms with E-state index in [0.29, 0.717) is 31.8 Å². The molecular formula is C12H23NO3. The van der Waals surface area contributed by atoms with Crippen molar-refractivity contribution < 1.29 is 15.0 Å². The molecule has 1 heterocycles. The summed E-state index contributed by atoms with van der Waals surface area (Å²) in [6.45, 7) is 5.27. The fourth-order valence-electron chi connectivity index (χ4n) is 2.17. The molecule has 94 valence electrons. The Labute approximate surface area is 97.3 Å². The Balaban J connectivity index is 2.48. The van der Waals surface area contributed by atoms with Gasteiger partial charge >= 0.3 is 0 Å². The quantitative estimate of drug-likeness (QED) is 0.743. The molecule has 1 rings (SSSR count). The third-order valence-corrected chi connectivity index (χ3v) is 3.10. The van der Waals surface area contributed by atoms with E-state index in [4.69, 9.17) is 0 Å². The van der Waals surface area contributed by atoms with Gasteiger partial charge in [0.2, 0.25) is 5.91 Å². The highest BCUT2D eigenvalue weighted by Crippen LogP contribution is 2.18. The van der Waals surface area contributed by atoms with Crippen LogP contribution < -0.4 is 0 Å². The minimum Gasteiger partial charge on any atom is -0.396 e. The number of piperidine rings is 1. The van der Waals surface area contributed by atoms with E-state index in [9.17, 15) is 15.0 Å². The Morgan fingerprint density at radius 1 is 1.38 bits per heavy atom. The first kappa shape index (κ1) is 13.5. The molecule has 4 heteroatoms. The van der Waals surface area contributed by atoms with Crippen molar-refractivity contribution in [1.29, 1.82) is 0 Å². The van der Waals surface area contributed by atoms with Crippen molar-refractivity contribution in [2.75, 3.05) is 19.7 Å². The Morgan fingerprint density at radius 3 is 2.38 bits per heavy atom. The topological polar surface area (TPSA) is 60.8 Å². The summed E-state index contributed by atoms with van der Waals surface area (Å²) in [5.74, 6) is 0.190. The highest BCUT2D eigenvalue weighted by Gasteiger charge is 2.27. The van der Waals surface area contributed by atoms with Crippen LogP contribution in [0.5, 0.6) is 0 Å². The molecule has 1 amide bonds. The zero-order valence-corrected chi connectivity index (χ0v) is 10.2. The molecule has 0 bridgehead atoms. The standard InChI is InChI=1S/C12H23NO3/c1-9(2)7-10(8-14)12(16)13-5-3-11(15)4-6-13/h9-11,14-15H,3-8H2,1-2H3/t10-/m0/s1. The molecule has 0 saturated carbocycles. The maximum Gasteiger partial charge on any atom is 0.228 e. The fraction of sp³-hybridized carbons (Fsp3) is 0.917. The Hall–Kier alpha value is -0.610. The van der Waals surface area contributed by atoms with Gasteiger partial charge in [-0.3, -0.25) is 4.79 Å². The Kier molecular flexibility index (Phi) is 5.22. The average Bonchev–Trinajstić information content (AvgIpc) is 2.25. The van der Waals surface area contributed by atoms with Crippen molar-refractivity contribution in [1.82, 2.24) is 4.90 Å². The zero-order chi connectivity index (χ0) is 12.1. The van der Waals surface area contributed by atoms with Crippen LogP contribution in [0.15, 0.2) is 0 Å². The minimum absolute atomic E-state index is 0.0445. The van der Waals surface area contributed by atoms with Crippen LogP contribution in [-0.4, -0.2) is 46.8 Å². The van der Waals surface area contributed by atoms with Gasteiger partial charge in [-0.2, -0.15) is 0 Å². The van der Waals surface area contributed by atoms with Crippen LogP contribution in [0, 0.1) is 11.8 Å². The lowest BCUT2D eigenvalue weighted by Crippen LogP contribution is -2.44. The van der Waals surface area contributed by atoms with Crippen LogP contribution in [0.25, 0.3) is 0 Å². The molecule has 4 nitrogen and oxygen atoms in total. The van der Waals surface area contributed by atoms with Crippen molar-refractivity contribution in [2.24, 2.45) is 11.8 Å². The number of rotatable bonds is 4. The number of nitrogens with zero attached hydrogens (tertiary/aromatic N) is 1. The van der Waals surface area contributed by atoms with Crippen molar-refractivity contribution >= 4 is 5.91 Å². The molecule has 0 aromatic heterocycles.